The van der Waals surface area contributed by atoms with E-state index in [1.165, 1.54) is 18.4 Å². The molecule has 1 atom stereocenters. The molecule has 2 aromatic carbocycles. The number of rotatable bonds is 8. The van der Waals surface area contributed by atoms with E-state index in [-0.39, 0.29) is 11.7 Å². The third-order valence-corrected chi connectivity index (χ3v) is 7.50. The summed E-state index contributed by atoms with van der Waals surface area (Å²) in [5.74, 6) is -0.460. The highest BCUT2D eigenvalue weighted by atomic mass is 32.2. The summed E-state index contributed by atoms with van der Waals surface area (Å²) in [7, 11) is -3.06. The van der Waals surface area contributed by atoms with Gasteiger partial charge in [-0.2, -0.15) is 0 Å². The van der Waals surface area contributed by atoms with Crippen molar-refractivity contribution in [1.29, 1.82) is 0 Å². The number of carbonyl (C=O) groups excluding carboxylic acids is 1. The van der Waals surface area contributed by atoms with E-state index in [1.54, 1.807) is 24.0 Å². The number of hydrogen-bond acceptors (Lipinski definition) is 3. The van der Waals surface area contributed by atoms with E-state index >= 15 is 0 Å². The van der Waals surface area contributed by atoms with E-state index in [2.05, 4.69) is 0 Å². The third-order valence-electron chi connectivity index (χ3n) is 5.80. The van der Waals surface area contributed by atoms with Crippen molar-refractivity contribution in [2.75, 3.05) is 17.7 Å². The number of sulfone groups is 1. The van der Waals surface area contributed by atoms with Gasteiger partial charge in [0.1, 0.15) is 15.7 Å². The minimum absolute atomic E-state index is 0.114. The summed E-state index contributed by atoms with van der Waals surface area (Å²) in [6.45, 7) is 4.07. The first-order valence-corrected chi connectivity index (χ1v) is 12.4. The molecule has 164 valence electrons. The Morgan fingerprint density at radius 1 is 1.13 bits per heavy atom. The van der Waals surface area contributed by atoms with Crippen LogP contribution in [0.1, 0.15) is 38.7 Å². The van der Waals surface area contributed by atoms with Gasteiger partial charge in [-0.05, 0) is 74.1 Å². The van der Waals surface area contributed by atoms with Gasteiger partial charge in [0.25, 0.3) is 5.91 Å². The lowest BCUT2D eigenvalue weighted by Gasteiger charge is -2.18. The van der Waals surface area contributed by atoms with Crippen molar-refractivity contribution < 1.29 is 17.6 Å². The average molecular weight is 442 g/mol. The van der Waals surface area contributed by atoms with Crippen LogP contribution < -0.4 is 4.90 Å². The van der Waals surface area contributed by atoms with Gasteiger partial charge in [0, 0.05) is 11.9 Å². The highest BCUT2D eigenvalue weighted by Crippen LogP contribution is 2.36. The number of anilines is 1. The van der Waals surface area contributed by atoms with E-state index < -0.39 is 15.1 Å². The Bertz CT molecular complexity index is 1100. The first kappa shape index (κ1) is 22.9. The fourth-order valence-corrected chi connectivity index (χ4v) is 4.43. The summed E-state index contributed by atoms with van der Waals surface area (Å²) in [5, 5.41) is -0.394. The summed E-state index contributed by atoms with van der Waals surface area (Å²) in [6, 6.07) is 15.5. The molecular formula is C25H28FNO3S. The molecule has 4 nitrogen and oxygen atoms in total. The van der Waals surface area contributed by atoms with Gasteiger partial charge in [0.15, 0.2) is 0 Å². The SMILES string of the molecule is C/C=C(\CCCC(C)S(C)(=O)=O)C1=C(c2ccccc2)C(=O)N(c2ccc(F)cc2)C1. The van der Waals surface area contributed by atoms with Crippen LogP contribution in [0.15, 0.2) is 71.8 Å². The van der Waals surface area contributed by atoms with E-state index in [0.717, 1.165) is 16.7 Å². The smallest absolute Gasteiger partial charge is 0.259 e. The topological polar surface area (TPSA) is 54.5 Å². The Hall–Kier alpha value is -2.73. The Kier molecular flexibility index (Phi) is 7.11. The molecule has 1 aliphatic heterocycles. The lowest BCUT2D eigenvalue weighted by atomic mass is 9.93. The predicted molar refractivity (Wildman–Crippen MR) is 124 cm³/mol. The Morgan fingerprint density at radius 2 is 1.77 bits per heavy atom. The Morgan fingerprint density at radius 3 is 2.35 bits per heavy atom. The van der Waals surface area contributed by atoms with Crippen molar-refractivity contribution in [3.05, 3.63) is 83.2 Å². The third kappa shape index (κ3) is 5.31. The lowest BCUT2D eigenvalue weighted by Crippen LogP contribution is -2.26. The van der Waals surface area contributed by atoms with Crippen LogP contribution in [0, 0.1) is 5.82 Å². The number of carbonyl (C=O) groups is 1. The molecule has 3 rings (SSSR count). The molecular weight excluding hydrogens is 413 g/mol. The van der Waals surface area contributed by atoms with Crippen molar-refractivity contribution in [1.82, 2.24) is 0 Å². The first-order valence-electron chi connectivity index (χ1n) is 10.4. The number of hydrogen-bond donors (Lipinski definition) is 0. The molecule has 0 bridgehead atoms. The molecule has 0 saturated heterocycles. The normalized spacial score (nSPS) is 16.2. The predicted octanol–water partition coefficient (Wildman–Crippen LogP) is 5.18. The van der Waals surface area contributed by atoms with Gasteiger partial charge in [0.2, 0.25) is 0 Å². The van der Waals surface area contributed by atoms with Crippen molar-refractivity contribution in [3.8, 4) is 0 Å². The van der Waals surface area contributed by atoms with E-state index in [9.17, 15) is 17.6 Å². The second-order valence-corrected chi connectivity index (χ2v) is 10.4. The number of benzene rings is 2. The van der Waals surface area contributed by atoms with Crippen molar-refractivity contribution in [3.63, 3.8) is 0 Å². The van der Waals surface area contributed by atoms with Crippen molar-refractivity contribution >= 4 is 27.0 Å². The van der Waals surface area contributed by atoms with Gasteiger partial charge < -0.3 is 4.90 Å². The van der Waals surface area contributed by atoms with Crippen LogP contribution in [-0.4, -0.2) is 32.4 Å². The van der Waals surface area contributed by atoms with Crippen LogP contribution in [0.5, 0.6) is 0 Å². The number of nitrogens with zero attached hydrogens (tertiary/aromatic N) is 1. The monoisotopic (exact) mass is 441 g/mol. The van der Waals surface area contributed by atoms with E-state index in [0.29, 0.717) is 37.1 Å². The Balaban J connectivity index is 1.91. The summed E-state index contributed by atoms with van der Waals surface area (Å²) in [4.78, 5) is 15.1. The largest absolute Gasteiger partial charge is 0.304 e. The quantitative estimate of drug-likeness (QED) is 0.567. The van der Waals surface area contributed by atoms with Crippen molar-refractivity contribution in [2.24, 2.45) is 0 Å². The fourth-order valence-electron chi connectivity index (χ4n) is 3.83. The van der Waals surface area contributed by atoms with Crippen LogP contribution in [0.3, 0.4) is 0 Å². The molecule has 0 spiro atoms. The molecule has 2 aromatic rings. The molecule has 1 unspecified atom stereocenters. The number of allylic oxidation sites excluding steroid dienone is 1. The molecule has 0 saturated carbocycles. The lowest BCUT2D eigenvalue weighted by molar-refractivity contribution is -0.112. The molecule has 6 heteroatoms. The van der Waals surface area contributed by atoms with Crippen LogP contribution in [0.25, 0.3) is 5.57 Å². The summed E-state index contributed by atoms with van der Waals surface area (Å²) in [6.07, 6.45) is 5.24. The van der Waals surface area contributed by atoms with Crippen molar-refractivity contribution in [2.45, 2.75) is 38.4 Å². The molecule has 0 aromatic heterocycles. The second-order valence-electron chi connectivity index (χ2n) is 7.93. The van der Waals surface area contributed by atoms with Gasteiger partial charge in [-0.15, -0.1) is 0 Å². The maximum absolute atomic E-state index is 13.4. The van der Waals surface area contributed by atoms with Gasteiger partial charge in [-0.1, -0.05) is 36.4 Å². The van der Waals surface area contributed by atoms with Crippen LogP contribution >= 0.6 is 0 Å². The van der Waals surface area contributed by atoms with Crippen LogP contribution in [0.4, 0.5) is 10.1 Å². The molecule has 31 heavy (non-hydrogen) atoms. The fraction of sp³-hybridized carbons (Fsp3) is 0.320. The molecule has 0 N–H and O–H groups in total. The maximum Gasteiger partial charge on any atom is 0.259 e. The van der Waals surface area contributed by atoms with E-state index in [4.69, 9.17) is 0 Å². The molecule has 1 aliphatic rings. The molecule has 1 heterocycles. The minimum atomic E-state index is -3.06. The zero-order valence-corrected chi connectivity index (χ0v) is 19.0. The summed E-state index contributed by atoms with van der Waals surface area (Å²) >= 11 is 0. The molecule has 1 amide bonds. The molecule has 0 aliphatic carbocycles. The maximum atomic E-state index is 13.4. The van der Waals surface area contributed by atoms with Crippen LogP contribution in [0.2, 0.25) is 0 Å². The zero-order chi connectivity index (χ0) is 22.6. The number of amides is 1. The molecule has 0 fully saturated rings. The second kappa shape index (κ2) is 9.60. The minimum Gasteiger partial charge on any atom is -0.304 e. The Labute approximate surface area is 184 Å². The number of halogens is 1. The standard InChI is InChI=1S/C25H28FNO3S/c1-4-19(12-8-9-18(2)31(3,29)30)23-17-27(22-15-13-21(26)14-16-22)25(28)24(23)20-10-6-5-7-11-20/h4-7,10-11,13-16,18H,8-9,12,17H2,1-3H3/b19-4+. The first-order chi connectivity index (χ1) is 14.7. The summed E-state index contributed by atoms with van der Waals surface area (Å²) < 4.78 is 36.9. The zero-order valence-electron chi connectivity index (χ0n) is 18.1. The van der Waals surface area contributed by atoms with Gasteiger partial charge in [-0.3, -0.25) is 4.79 Å². The van der Waals surface area contributed by atoms with E-state index in [1.807, 2.05) is 43.3 Å². The highest BCUT2D eigenvalue weighted by molar-refractivity contribution is 7.91. The van der Waals surface area contributed by atoms with Crippen LogP contribution in [-0.2, 0) is 14.6 Å². The van der Waals surface area contributed by atoms with Gasteiger partial charge in [0.05, 0.1) is 17.4 Å². The molecule has 0 radical (unpaired) electrons. The highest BCUT2D eigenvalue weighted by Gasteiger charge is 2.33. The summed E-state index contributed by atoms with van der Waals surface area (Å²) in [5.41, 5.74) is 4.12. The average Bonchev–Trinajstić information content (AvgIpc) is 3.08. The van der Waals surface area contributed by atoms with Gasteiger partial charge >= 0.3 is 0 Å². The van der Waals surface area contributed by atoms with Gasteiger partial charge in [-0.25, -0.2) is 12.8 Å².